The molecule has 0 bridgehead atoms. The molecule has 5 heteroatoms. The monoisotopic (exact) mass is 331 g/mol. The minimum Gasteiger partial charge on any atom is -0.338 e. The summed E-state index contributed by atoms with van der Waals surface area (Å²) in [4.78, 5) is 16.3. The van der Waals surface area contributed by atoms with Gasteiger partial charge in [-0.1, -0.05) is 13.8 Å². The molecule has 134 valence electrons. The first-order valence-corrected chi connectivity index (χ1v) is 9.59. The van der Waals surface area contributed by atoms with E-state index in [1.54, 1.807) is 0 Å². The SMILES string of the molecule is CC1(C)CCN(CCCCN2CCN(c3ncccn3)CC2)CC1. The molecule has 0 spiro atoms. The van der Waals surface area contributed by atoms with E-state index in [1.165, 1.54) is 51.9 Å². The average Bonchev–Trinajstić information content (AvgIpc) is 2.61. The van der Waals surface area contributed by atoms with E-state index in [1.807, 2.05) is 18.5 Å². The maximum atomic E-state index is 4.36. The molecule has 0 aromatic carbocycles. The summed E-state index contributed by atoms with van der Waals surface area (Å²) in [5, 5.41) is 0. The van der Waals surface area contributed by atoms with Gasteiger partial charge >= 0.3 is 0 Å². The van der Waals surface area contributed by atoms with Gasteiger partial charge in [-0.3, -0.25) is 4.90 Å². The number of unbranched alkanes of at least 4 members (excludes halogenated alkanes) is 1. The number of piperidine rings is 1. The quantitative estimate of drug-likeness (QED) is 0.749. The Bertz CT molecular complexity index is 472. The lowest BCUT2D eigenvalue weighted by molar-refractivity contribution is 0.129. The van der Waals surface area contributed by atoms with E-state index in [-0.39, 0.29) is 0 Å². The first-order valence-electron chi connectivity index (χ1n) is 9.59. The Balaban J connectivity index is 1.28. The molecule has 0 unspecified atom stereocenters. The molecule has 0 N–H and O–H groups in total. The van der Waals surface area contributed by atoms with E-state index in [0.29, 0.717) is 5.41 Å². The molecular weight excluding hydrogens is 298 g/mol. The molecule has 3 heterocycles. The van der Waals surface area contributed by atoms with E-state index in [0.717, 1.165) is 32.1 Å². The zero-order chi connectivity index (χ0) is 16.8. The van der Waals surface area contributed by atoms with Crippen molar-refractivity contribution in [1.82, 2.24) is 19.8 Å². The van der Waals surface area contributed by atoms with Gasteiger partial charge in [-0.15, -0.1) is 0 Å². The third kappa shape index (κ3) is 5.15. The van der Waals surface area contributed by atoms with Crippen molar-refractivity contribution in [2.24, 2.45) is 5.41 Å². The fourth-order valence-electron chi connectivity index (χ4n) is 3.68. The van der Waals surface area contributed by atoms with Crippen LogP contribution in [0.1, 0.15) is 39.5 Å². The highest BCUT2D eigenvalue weighted by Crippen LogP contribution is 2.29. The first kappa shape index (κ1) is 17.6. The van der Waals surface area contributed by atoms with Gasteiger partial charge in [0, 0.05) is 38.6 Å². The second-order valence-electron chi connectivity index (χ2n) is 8.09. The Hall–Kier alpha value is -1.20. The lowest BCUT2D eigenvalue weighted by atomic mass is 9.82. The highest BCUT2D eigenvalue weighted by molar-refractivity contribution is 5.29. The molecule has 2 aliphatic heterocycles. The molecule has 0 saturated carbocycles. The Morgan fingerprint density at radius 2 is 1.38 bits per heavy atom. The molecule has 24 heavy (non-hydrogen) atoms. The number of hydrogen-bond donors (Lipinski definition) is 0. The van der Waals surface area contributed by atoms with Gasteiger partial charge in [-0.05, 0) is 63.3 Å². The molecule has 2 fully saturated rings. The standard InChI is InChI=1S/C19H33N5/c1-19(2)6-12-22(13-7-19)10-3-4-11-23-14-16-24(17-15-23)18-20-8-5-9-21-18/h5,8-9H,3-4,6-7,10-17H2,1-2H3. The van der Waals surface area contributed by atoms with Crippen molar-refractivity contribution in [3.8, 4) is 0 Å². The van der Waals surface area contributed by atoms with E-state index in [4.69, 9.17) is 0 Å². The molecule has 1 aromatic rings. The van der Waals surface area contributed by atoms with Crippen LogP contribution < -0.4 is 4.90 Å². The number of piperazine rings is 1. The Morgan fingerprint density at radius 3 is 1.96 bits per heavy atom. The van der Waals surface area contributed by atoms with Crippen molar-refractivity contribution < 1.29 is 0 Å². The Labute approximate surface area is 147 Å². The summed E-state index contributed by atoms with van der Waals surface area (Å²) in [6.07, 6.45) is 9.03. The van der Waals surface area contributed by atoms with Gasteiger partial charge < -0.3 is 9.80 Å². The second-order valence-corrected chi connectivity index (χ2v) is 8.09. The van der Waals surface area contributed by atoms with Crippen LogP contribution in [0.3, 0.4) is 0 Å². The van der Waals surface area contributed by atoms with Crippen molar-refractivity contribution in [2.45, 2.75) is 39.5 Å². The van der Waals surface area contributed by atoms with Gasteiger partial charge in [0.25, 0.3) is 0 Å². The molecule has 2 aliphatic rings. The lowest BCUT2D eigenvalue weighted by Gasteiger charge is -2.37. The van der Waals surface area contributed by atoms with Gasteiger partial charge in [0.1, 0.15) is 0 Å². The fourth-order valence-corrected chi connectivity index (χ4v) is 3.68. The van der Waals surface area contributed by atoms with E-state index in [9.17, 15) is 0 Å². The lowest BCUT2D eigenvalue weighted by Crippen LogP contribution is -2.47. The van der Waals surface area contributed by atoms with Crippen LogP contribution in [0.25, 0.3) is 0 Å². The van der Waals surface area contributed by atoms with Crippen LogP contribution in [-0.4, -0.2) is 72.1 Å². The molecule has 5 nitrogen and oxygen atoms in total. The number of anilines is 1. The second kappa shape index (κ2) is 8.26. The van der Waals surface area contributed by atoms with E-state index >= 15 is 0 Å². The zero-order valence-electron chi connectivity index (χ0n) is 15.5. The number of rotatable bonds is 6. The average molecular weight is 332 g/mol. The van der Waals surface area contributed by atoms with Crippen LogP contribution >= 0.6 is 0 Å². The topological polar surface area (TPSA) is 35.5 Å². The normalized spacial score (nSPS) is 22.7. The Morgan fingerprint density at radius 1 is 0.833 bits per heavy atom. The molecule has 2 saturated heterocycles. The summed E-state index contributed by atoms with van der Waals surface area (Å²) in [5.41, 5.74) is 0.568. The van der Waals surface area contributed by atoms with Gasteiger partial charge in [0.15, 0.2) is 0 Å². The van der Waals surface area contributed by atoms with Crippen LogP contribution in [-0.2, 0) is 0 Å². The fraction of sp³-hybridized carbons (Fsp3) is 0.789. The molecule has 0 radical (unpaired) electrons. The predicted octanol–water partition coefficient (Wildman–Crippen LogP) is 2.50. The van der Waals surface area contributed by atoms with Crippen molar-refractivity contribution in [3.05, 3.63) is 18.5 Å². The molecule has 1 aromatic heterocycles. The number of hydrogen-bond acceptors (Lipinski definition) is 5. The summed E-state index contributed by atoms with van der Waals surface area (Å²) in [7, 11) is 0. The zero-order valence-corrected chi connectivity index (χ0v) is 15.5. The van der Waals surface area contributed by atoms with Crippen molar-refractivity contribution in [3.63, 3.8) is 0 Å². The summed E-state index contributed by atoms with van der Waals surface area (Å²) in [6, 6.07) is 1.88. The highest BCUT2D eigenvalue weighted by atomic mass is 15.3. The van der Waals surface area contributed by atoms with Crippen molar-refractivity contribution in [2.75, 3.05) is 57.3 Å². The van der Waals surface area contributed by atoms with Gasteiger partial charge in [-0.25, -0.2) is 9.97 Å². The number of nitrogens with zero attached hydrogens (tertiary/aromatic N) is 5. The number of aromatic nitrogens is 2. The molecular formula is C19H33N5. The van der Waals surface area contributed by atoms with Crippen LogP contribution in [0.4, 0.5) is 5.95 Å². The van der Waals surface area contributed by atoms with Crippen LogP contribution in [0.2, 0.25) is 0 Å². The predicted molar refractivity (Wildman–Crippen MR) is 99.4 cm³/mol. The van der Waals surface area contributed by atoms with Crippen molar-refractivity contribution >= 4 is 5.95 Å². The molecule has 0 atom stereocenters. The third-order valence-electron chi connectivity index (χ3n) is 5.62. The minimum atomic E-state index is 0.568. The summed E-state index contributed by atoms with van der Waals surface area (Å²) in [5.74, 6) is 0.880. The molecule has 0 aliphatic carbocycles. The highest BCUT2D eigenvalue weighted by Gasteiger charge is 2.25. The van der Waals surface area contributed by atoms with Gasteiger partial charge in [0.2, 0.25) is 5.95 Å². The maximum Gasteiger partial charge on any atom is 0.225 e. The summed E-state index contributed by atoms with van der Waals surface area (Å²) in [6.45, 7) is 14.3. The smallest absolute Gasteiger partial charge is 0.225 e. The van der Waals surface area contributed by atoms with Crippen molar-refractivity contribution in [1.29, 1.82) is 0 Å². The largest absolute Gasteiger partial charge is 0.338 e. The number of likely N-dealkylation sites (tertiary alicyclic amines) is 1. The van der Waals surface area contributed by atoms with Crippen LogP contribution in [0.5, 0.6) is 0 Å². The molecule has 3 rings (SSSR count). The van der Waals surface area contributed by atoms with E-state index < -0.39 is 0 Å². The minimum absolute atomic E-state index is 0.568. The third-order valence-corrected chi connectivity index (χ3v) is 5.62. The first-order chi connectivity index (χ1) is 11.6. The summed E-state index contributed by atoms with van der Waals surface area (Å²) >= 11 is 0. The Kier molecular flexibility index (Phi) is 6.06. The van der Waals surface area contributed by atoms with Crippen LogP contribution in [0, 0.1) is 5.41 Å². The van der Waals surface area contributed by atoms with Gasteiger partial charge in [0.05, 0.1) is 0 Å². The van der Waals surface area contributed by atoms with Gasteiger partial charge in [-0.2, -0.15) is 0 Å². The van der Waals surface area contributed by atoms with Crippen LogP contribution in [0.15, 0.2) is 18.5 Å². The maximum absolute atomic E-state index is 4.36. The van der Waals surface area contributed by atoms with E-state index in [2.05, 4.69) is 38.5 Å². The molecule has 0 amide bonds. The summed E-state index contributed by atoms with van der Waals surface area (Å²) < 4.78 is 0.